The van der Waals surface area contributed by atoms with Gasteiger partial charge in [0.2, 0.25) is 0 Å². The molecule has 1 rings (SSSR count). The maximum Gasteiger partial charge on any atom is 0.138 e. The number of rotatable bonds is 8. The van der Waals surface area contributed by atoms with E-state index < -0.39 is 6.10 Å². The zero-order valence-electron chi connectivity index (χ0n) is 11.1. The molecule has 0 saturated carbocycles. The van der Waals surface area contributed by atoms with E-state index >= 15 is 0 Å². The molecule has 0 aromatic heterocycles. The van der Waals surface area contributed by atoms with Crippen molar-refractivity contribution in [3.63, 3.8) is 0 Å². The van der Waals surface area contributed by atoms with E-state index in [4.69, 9.17) is 22.8 Å². The van der Waals surface area contributed by atoms with E-state index in [1.165, 1.54) is 0 Å². The largest absolute Gasteiger partial charge is 0.489 e. The second kappa shape index (κ2) is 8.82. The van der Waals surface area contributed by atoms with E-state index in [1.807, 2.05) is 12.1 Å². The third-order valence-electron chi connectivity index (χ3n) is 2.65. The van der Waals surface area contributed by atoms with Gasteiger partial charge in [0.05, 0.1) is 11.1 Å². The number of ether oxygens (including phenoxy) is 1. The average molecular weight is 282 g/mol. The summed E-state index contributed by atoms with van der Waals surface area (Å²) in [4.78, 5) is 0. The molecule has 0 heterocycles. The second-order valence-corrected chi connectivity index (χ2v) is 4.72. The molecule has 2 unspecified atom stereocenters. The number of para-hydroxylation sites is 1. The molecule has 2 N–H and O–H groups in total. The quantitative estimate of drug-likeness (QED) is 0.719. The zero-order valence-corrected chi connectivity index (χ0v) is 11.9. The molecule has 0 aliphatic heterocycles. The summed E-state index contributed by atoms with van der Waals surface area (Å²) in [6.07, 6.45) is 6.67. The van der Waals surface area contributed by atoms with Crippen molar-refractivity contribution in [2.45, 2.75) is 31.9 Å². The number of hydrogen-bond acceptors (Lipinski definition) is 3. The predicted octanol–water partition coefficient (Wildman–Crippen LogP) is 2.47. The van der Waals surface area contributed by atoms with Gasteiger partial charge in [-0.2, -0.15) is 0 Å². The van der Waals surface area contributed by atoms with Crippen LogP contribution in [0.5, 0.6) is 5.75 Å². The van der Waals surface area contributed by atoms with Gasteiger partial charge < -0.3 is 15.2 Å². The van der Waals surface area contributed by atoms with Crippen LogP contribution in [-0.4, -0.2) is 30.4 Å². The summed E-state index contributed by atoms with van der Waals surface area (Å²) >= 11 is 5.95. The highest BCUT2D eigenvalue weighted by molar-refractivity contribution is 6.32. The van der Waals surface area contributed by atoms with Crippen LogP contribution in [-0.2, 0) is 0 Å². The van der Waals surface area contributed by atoms with Crippen molar-refractivity contribution < 1.29 is 9.84 Å². The van der Waals surface area contributed by atoms with Crippen LogP contribution in [0, 0.1) is 12.3 Å². The van der Waals surface area contributed by atoms with Gasteiger partial charge in [0, 0.05) is 6.54 Å². The minimum Gasteiger partial charge on any atom is -0.489 e. The number of aliphatic hydroxyl groups is 1. The zero-order chi connectivity index (χ0) is 14.1. The van der Waals surface area contributed by atoms with Crippen LogP contribution < -0.4 is 10.1 Å². The fourth-order valence-corrected chi connectivity index (χ4v) is 1.81. The second-order valence-electron chi connectivity index (χ2n) is 4.31. The van der Waals surface area contributed by atoms with Gasteiger partial charge in [0.1, 0.15) is 18.5 Å². The first-order valence-corrected chi connectivity index (χ1v) is 6.80. The molecule has 19 heavy (non-hydrogen) atoms. The molecular weight excluding hydrogens is 262 g/mol. The normalized spacial score (nSPS) is 13.6. The highest BCUT2D eigenvalue weighted by Gasteiger charge is 2.09. The van der Waals surface area contributed by atoms with Crippen LogP contribution >= 0.6 is 11.6 Å². The van der Waals surface area contributed by atoms with Crippen LogP contribution in [0.1, 0.15) is 19.8 Å². The summed E-state index contributed by atoms with van der Waals surface area (Å²) in [6.45, 7) is 2.66. The van der Waals surface area contributed by atoms with Gasteiger partial charge in [-0.25, -0.2) is 0 Å². The first kappa shape index (κ1) is 15.8. The maximum atomic E-state index is 9.81. The maximum absolute atomic E-state index is 9.81. The summed E-state index contributed by atoms with van der Waals surface area (Å²) in [5.41, 5.74) is 0. The number of benzene rings is 1. The molecule has 104 valence electrons. The summed E-state index contributed by atoms with van der Waals surface area (Å²) in [6, 6.07) is 7.18. The van der Waals surface area contributed by atoms with Crippen molar-refractivity contribution in [3.8, 4) is 18.1 Å². The highest BCUT2D eigenvalue weighted by Crippen LogP contribution is 2.22. The third kappa shape index (κ3) is 5.98. The Labute approximate surface area is 119 Å². The first-order chi connectivity index (χ1) is 9.17. The Morgan fingerprint density at radius 1 is 1.47 bits per heavy atom. The number of terminal acetylenes is 1. The molecule has 0 bridgehead atoms. The van der Waals surface area contributed by atoms with E-state index in [2.05, 4.69) is 18.2 Å². The van der Waals surface area contributed by atoms with Gasteiger partial charge in [0.15, 0.2) is 0 Å². The molecule has 0 aliphatic rings. The molecule has 1 aromatic rings. The molecule has 0 aliphatic carbocycles. The molecule has 0 spiro atoms. The van der Waals surface area contributed by atoms with Crippen LogP contribution in [0.3, 0.4) is 0 Å². The molecule has 0 amide bonds. The molecule has 0 fully saturated rings. The Kier molecular flexibility index (Phi) is 7.35. The Hall–Kier alpha value is -1.21. The van der Waals surface area contributed by atoms with Crippen molar-refractivity contribution in [2.75, 3.05) is 13.2 Å². The van der Waals surface area contributed by atoms with Crippen molar-refractivity contribution in [2.24, 2.45) is 0 Å². The monoisotopic (exact) mass is 281 g/mol. The van der Waals surface area contributed by atoms with Crippen molar-refractivity contribution in [3.05, 3.63) is 29.3 Å². The summed E-state index contributed by atoms with van der Waals surface area (Å²) in [5, 5.41) is 13.5. The minimum absolute atomic E-state index is 0.0000340. The van der Waals surface area contributed by atoms with Crippen molar-refractivity contribution in [1.29, 1.82) is 0 Å². The Balaban J connectivity index is 2.30. The number of aliphatic hydroxyl groups excluding tert-OH is 1. The predicted molar refractivity (Wildman–Crippen MR) is 78.5 cm³/mol. The summed E-state index contributed by atoms with van der Waals surface area (Å²) < 4.78 is 5.45. The Morgan fingerprint density at radius 2 is 2.21 bits per heavy atom. The van der Waals surface area contributed by atoms with E-state index in [1.54, 1.807) is 12.1 Å². The SMILES string of the molecule is C#CC(CCC)NCC(O)COc1ccccc1Cl. The smallest absolute Gasteiger partial charge is 0.138 e. The highest BCUT2D eigenvalue weighted by atomic mass is 35.5. The topological polar surface area (TPSA) is 41.5 Å². The molecular formula is C15H20ClNO2. The van der Waals surface area contributed by atoms with E-state index in [0.29, 0.717) is 17.3 Å². The van der Waals surface area contributed by atoms with Crippen LogP contribution in [0.4, 0.5) is 0 Å². The molecule has 1 aromatic carbocycles. The van der Waals surface area contributed by atoms with E-state index in [-0.39, 0.29) is 12.6 Å². The average Bonchev–Trinajstić information content (AvgIpc) is 2.42. The molecule has 0 saturated heterocycles. The number of nitrogens with one attached hydrogen (secondary N) is 1. The van der Waals surface area contributed by atoms with Gasteiger partial charge in [-0.15, -0.1) is 6.42 Å². The molecule has 2 atom stereocenters. The van der Waals surface area contributed by atoms with Crippen molar-refractivity contribution in [1.82, 2.24) is 5.32 Å². The lowest BCUT2D eigenvalue weighted by atomic mass is 10.2. The van der Waals surface area contributed by atoms with Crippen molar-refractivity contribution >= 4 is 11.6 Å². The molecule has 0 radical (unpaired) electrons. The Bertz CT molecular complexity index is 417. The van der Waals surface area contributed by atoms with Crippen LogP contribution in [0.25, 0.3) is 0 Å². The van der Waals surface area contributed by atoms with Gasteiger partial charge in [-0.05, 0) is 18.6 Å². The van der Waals surface area contributed by atoms with Crippen LogP contribution in [0.15, 0.2) is 24.3 Å². The van der Waals surface area contributed by atoms with E-state index in [9.17, 15) is 5.11 Å². The lowest BCUT2D eigenvalue weighted by Gasteiger charge is -2.17. The fraction of sp³-hybridized carbons (Fsp3) is 0.467. The summed E-state index contributed by atoms with van der Waals surface area (Å²) in [7, 11) is 0. The number of halogens is 1. The van der Waals surface area contributed by atoms with Gasteiger partial charge >= 0.3 is 0 Å². The first-order valence-electron chi connectivity index (χ1n) is 6.42. The lowest BCUT2D eigenvalue weighted by Crippen LogP contribution is -2.37. The standard InChI is InChI=1S/C15H20ClNO2/c1-3-7-12(4-2)17-10-13(18)11-19-15-9-6-5-8-14(15)16/h2,5-6,8-9,12-13,17-18H,3,7,10-11H2,1H3. The molecule has 4 heteroatoms. The Morgan fingerprint density at radius 3 is 2.84 bits per heavy atom. The fourth-order valence-electron chi connectivity index (χ4n) is 1.62. The van der Waals surface area contributed by atoms with Gasteiger partial charge in [-0.3, -0.25) is 0 Å². The van der Waals surface area contributed by atoms with E-state index in [0.717, 1.165) is 12.8 Å². The third-order valence-corrected chi connectivity index (χ3v) is 2.96. The lowest BCUT2D eigenvalue weighted by molar-refractivity contribution is 0.105. The molecule has 3 nitrogen and oxygen atoms in total. The van der Waals surface area contributed by atoms with Gasteiger partial charge in [0.25, 0.3) is 0 Å². The van der Waals surface area contributed by atoms with Crippen LogP contribution in [0.2, 0.25) is 5.02 Å². The minimum atomic E-state index is -0.621. The summed E-state index contributed by atoms with van der Waals surface area (Å²) in [5.74, 6) is 3.23. The van der Waals surface area contributed by atoms with Gasteiger partial charge in [-0.1, -0.05) is 43.0 Å². The number of hydrogen-bond donors (Lipinski definition) is 2.